The van der Waals surface area contributed by atoms with Gasteiger partial charge in [0.25, 0.3) is 17.5 Å². The van der Waals surface area contributed by atoms with Crippen LogP contribution in [-0.2, 0) is 16.1 Å². The minimum Gasteiger partial charge on any atom is -0.459 e. The average Bonchev–Trinajstić information content (AvgIpc) is 2.85. The molecule has 0 saturated heterocycles. The Kier molecular flexibility index (Phi) is 4.49. The lowest BCUT2D eigenvalue weighted by molar-refractivity contribution is -0.385. The molecule has 0 unspecified atom stereocenters. The Morgan fingerprint density at radius 1 is 1.15 bits per heavy atom. The van der Waals surface area contributed by atoms with Crippen LogP contribution in [0.2, 0.25) is 0 Å². The lowest BCUT2D eigenvalue weighted by Crippen LogP contribution is -2.35. The number of carbonyl (C=O) groups excluding carboxylic acids is 3. The van der Waals surface area contributed by atoms with Gasteiger partial charge in [-0.2, -0.15) is 0 Å². The highest BCUT2D eigenvalue weighted by Crippen LogP contribution is 2.30. The molecule has 2 aromatic carbocycles. The van der Waals surface area contributed by atoms with E-state index in [1.165, 1.54) is 12.1 Å². The van der Waals surface area contributed by atoms with Crippen molar-refractivity contribution >= 4 is 23.5 Å². The molecule has 8 nitrogen and oxygen atoms in total. The number of imide groups is 1. The van der Waals surface area contributed by atoms with Gasteiger partial charge < -0.3 is 4.74 Å². The normalized spacial score (nSPS) is 12.9. The third-order valence-electron chi connectivity index (χ3n) is 3.94. The Labute approximate surface area is 148 Å². The third-order valence-corrected chi connectivity index (χ3v) is 3.94. The maximum Gasteiger partial charge on any atom is 0.326 e. The second-order valence-electron chi connectivity index (χ2n) is 5.80. The van der Waals surface area contributed by atoms with Crippen molar-refractivity contribution in [3.63, 3.8) is 0 Å². The molecule has 26 heavy (non-hydrogen) atoms. The molecule has 0 saturated carbocycles. The molecule has 2 amide bonds. The van der Waals surface area contributed by atoms with Gasteiger partial charge in [-0.3, -0.25) is 29.4 Å². The van der Waals surface area contributed by atoms with E-state index < -0.39 is 34.9 Å². The molecule has 0 aromatic heterocycles. The van der Waals surface area contributed by atoms with Crippen molar-refractivity contribution < 1.29 is 24.0 Å². The van der Waals surface area contributed by atoms with Crippen LogP contribution in [0, 0.1) is 17.0 Å². The molecule has 1 aliphatic heterocycles. The summed E-state index contributed by atoms with van der Waals surface area (Å²) < 4.78 is 5.10. The molecule has 0 N–H and O–H groups in total. The highest BCUT2D eigenvalue weighted by Gasteiger charge is 2.41. The Hall–Kier alpha value is -3.55. The molecule has 1 heterocycles. The first kappa shape index (κ1) is 17.3. The summed E-state index contributed by atoms with van der Waals surface area (Å²) >= 11 is 0. The lowest BCUT2D eigenvalue weighted by Gasteiger charge is -2.13. The first-order chi connectivity index (χ1) is 12.4. The number of nitro groups is 1. The van der Waals surface area contributed by atoms with Crippen molar-refractivity contribution in [2.45, 2.75) is 13.5 Å². The lowest BCUT2D eigenvalue weighted by atomic mass is 10.1. The monoisotopic (exact) mass is 354 g/mol. The van der Waals surface area contributed by atoms with Crippen molar-refractivity contribution in [2.75, 3.05) is 6.54 Å². The van der Waals surface area contributed by atoms with E-state index in [0.717, 1.165) is 17.2 Å². The van der Waals surface area contributed by atoms with E-state index >= 15 is 0 Å². The van der Waals surface area contributed by atoms with Crippen LogP contribution in [0.5, 0.6) is 0 Å². The van der Waals surface area contributed by atoms with Crippen LogP contribution in [0.15, 0.2) is 42.5 Å². The molecule has 0 aliphatic carbocycles. The van der Waals surface area contributed by atoms with Crippen LogP contribution in [0.25, 0.3) is 0 Å². The van der Waals surface area contributed by atoms with Gasteiger partial charge in [-0.1, -0.05) is 35.9 Å². The molecule has 0 fully saturated rings. The van der Waals surface area contributed by atoms with Crippen LogP contribution in [0.3, 0.4) is 0 Å². The maximum atomic E-state index is 12.4. The quantitative estimate of drug-likeness (QED) is 0.353. The van der Waals surface area contributed by atoms with E-state index in [0.29, 0.717) is 4.90 Å². The van der Waals surface area contributed by atoms with Crippen molar-refractivity contribution in [3.8, 4) is 0 Å². The summed E-state index contributed by atoms with van der Waals surface area (Å²) in [7, 11) is 0. The summed E-state index contributed by atoms with van der Waals surface area (Å²) in [5, 5.41) is 11.1. The number of carbonyl (C=O) groups is 3. The standard InChI is InChI=1S/C18H14N2O6/c1-11-4-2-5-12(8-11)10-26-15(21)9-19-17(22)13-6-3-7-14(20(24)25)16(13)18(19)23/h2-8H,9-10H2,1H3. The van der Waals surface area contributed by atoms with Crippen molar-refractivity contribution in [2.24, 2.45) is 0 Å². The topological polar surface area (TPSA) is 107 Å². The first-order valence-corrected chi connectivity index (χ1v) is 7.73. The number of aryl methyl sites for hydroxylation is 1. The summed E-state index contributed by atoms with van der Waals surface area (Å²) in [4.78, 5) is 47.7. The Morgan fingerprint density at radius 3 is 2.58 bits per heavy atom. The Balaban J connectivity index is 1.72. The van der Waals surface area contributed by atoms with E-state index in [1.807, 2.05) is 25.1 Å². The fraction of sp³-hybridized carbons (Fsp3) is 0.167. The number of hydrogen-bond acceptors (Lipinski definition) is 6. The molecular formula is C18H14N2O6. The average molecular weight is 354 g/mol. The Bertz CT molecular complexity index is 937. The van der Waals surface area contributed by atoms with Crippen LogP contribution >= 0.6 is 0 Å². The van der Waals surface area contributed by atoms with Crippen molar-refractivity contribution in [1.29, 1.82) is 0 Å². The highest BCUT2D eigenvalue weighted by molar-refractivity contribution is 6.24. The zero-order chi connectivity index (χ0) is 18.8. The minimum atomic E-state index is -0.871. The predicted molar refractivity (Wildman–Crippen MR) is 89.4 cm³/mol. The van der Waals surface area contributed by atoms with Crippen LogP contribution < -0.4 is 0 Å². The van der Waals surface area contributed by atoms with Crippen molar-refractivity contribution in [1.82, 2.24) is 4.90 Å². The van der Waals surface area contributed by atoms with Gasteiger partial charge in [0.15, 0.2) is 0 Å². The fourth-order valence-corrected chi connectivity index (χ4v) is 2.75. The number of ether oxygens (including phenoxy) is 1. The first-order valence-electron chi connectivity index (χ1n) is 7.73. The molecule has 0 radical (unpaired) electrons. The van der Waals surface area contributed by atoms with E-state index in [-0.39, 0.29) is 17.7 Å². The molecule has 132 valence electrons. The van der Waals surface area contributed by atoms with Crippen LogP contribution in [0.4, 0.5) is 5.69 Å². The largest absolute Gasteiger partial charge is 0.459 e. The van der Waals surface area contributed by atoms with E-state index in [1.54, 1.807) is 6.07 Å². The second kappa shape index (κ2) is 6.75. The number of hydrogen-bond donors (Lipinski definition) is 0. The number of fused-ring (bicyclic) bond motifs is 1. The maximum absolute atomic E-state index is 12.4. The highest BCUT2D eigenvalue weighted by atomic mass is 16.6. The molecular weight excluding hydrogens is 340 g/mol. The number of rotatable bonds is 5. The van der Waals surface area contributed by atoms with Gasteiger partial charge in [-0.05, 0) is 18.6 Å². The SMILES string of the molecule is Cc1cccc(COC(=O)CN2C(=O)c3cccc([N+](=O)[O-])c3C2=O)c1. The molecule has 2 aromatic rings. The summed E-state index contributed by atoms with van der Waals surface area (Å²) in [6.45, 7) is 1.30. The molecule has 0 spiro atoms. The smallest absolute Gasteiger partial charge is 0.326 e. The fourth-order valence-electron chi connectivity index (χ4n) is 2.75. The molecule has 8 heteroatoms. The number of esters is 1. The summed E-state index contributed by atoms with van der Waals surface area (Å²) in [6.07, 6.45) is 0. The van der Waals surface area contributed by atoms with Gasteiger partial charge in [0, 0.05) is 6.07 Å². The van der Waals surface area contributed by atoms with Gasteiger partial charge in [0.2, 0.25) is 0 Å². The van der Waals surface area contributed by atoms with Crippen molar-refractivity contribution in [3.05, 3.63) is 74.8 Å². The summed E-state index contributed by atoms with van der Waals surface area (Å²) in [6, 6.07) is 11.1. The number of nitrogens with zero attached hydrogens (tertiary/aromatic N) is 2. The van der Waals surface area contributed by atoms with Crippen LogP contribution in [-0.4, -0.2) is 34.2 Å². The van der Waals surface area contributed by atoms with Gasteiger partial charge in [0.1, 0.15) is 18.7 Å². The zero-order valence-electron chi connectivity index (χ0n) is 13.8. The molecule has 3 rings (SSSR count). The number of benzene rings is 2. The second-order valence-corrected chi connectivity index (χ2v) is 5.80. The van der Waals surface area contributed by atoms with E-state index in [4.69, 9.17) is 4.74 Å². The van der Waals surface area contributed by atoms with Gasteiger partial charge in [-0.25, -0.2) is 0 Å². The third kappa shape index (κ3) is 3.16. The zero-order valence-corrected chi connectivity index (χ0v) is 13.8. The minimum absolute atomic E-state index is 0.00380. The van der Waals surface area contributed by atoms with Gasteiger partial charge >= 0.3 is 5.97 Å². The van der Waals surface area contributed by atoms with E-state index in [2.05, 4.69) is 0 Å². The van der Waals surface area contributed by atoms with Crippen LogP contribution in [0.1, 0.15) is 31.8 Å². The van der Waals surface area contributed by atoms with Gasteiger partial charge in [0.05, 0.1) is 10.5 Å². The summed E-state index contributed by atoms with van der Waals surface area (Å²) in [5.41, 5.74) is 0.934. The predicted octanol–water partition coefficient (Wildman–Crippen LogP) is 2.24. The Morgan fingerprint density at radius 2 is 1.88 bits per heavy atom. The number of nitro benzene ring substituents is 1. The summed E-state index contributed by atoms with van der Waals surface area (Å²) in [5.74, 6) is -2.39. The number of amides is 2. The molecule has 1 aliphatic rings. The molecule has 0 bridgehead atoms. The van der Waals surface area contributed by atoms with E-state index in [9.17, 15) is 24.5 Å². The molecule has 0 atom stereocenters. The van der Waals surface area contributed by atoms with Gasteiger partial charge in [-0.15, -0.1) is 0 Å².